The van der Waals surface area contributed by atoms with E-state index in [-0.39, 0.29) is 6.04 Å². The van der Waals surface area contributed by atoms with Crippen molar-refractivity contribution >= 4 is 11.6 Å². The van der Waals surface area contributed by atoms with Crippen LogP contribution in [0.2, 0.25) is 5.02 Å². The molecule has 2 N–H and O–H groups in total. The maximum atomic E-state index is 6.14. The van der Waals surface area contributed by atoms with E-state index in [1.54, 1.807) is 0 Å². The summed E-state index contributed by atoms with van der Waals surface area (Å²) in [6.45, 7) is 2.72. The predicted octanol–water partition coefficient (Wildman–Crippen LogP) is 2.00. The minimum Gasteiger partial charge on any atom is -0.490 e. The van der Waals surface area contributed by atoms with Crippen LogP contribution in [0.25, 0.3) is 0 Å². The van der Waals surface area contributed by atoms with Crippen LogP contribution in [-0.4, -0.2) is 37.7 Å². The van der Waals surface area contributed by atoms with Crippen molar-refractivity contribution in [3.8, 4) is 5.75 Å². The van der Waals surface area contributed by atoms with Gasteiger partial charge in [-0.2, -0.15) is 0 Å². The number of benzene rings is 1. The molecule has 2 atom stereocenters. The fourth-order valence-electron chi connectivity index (χ4n) is 2.20. The summed E-state index contributed by atoms with van der Waals surface area (Å²) in [5.74, 6) is 1.25. The maximum absolute atomic E-state index is 6.14. The first-order chi connectivity index (χ1) is 8.16. The summed E-state index contributed by atoms with van der Waals surface area (Å²) in [5, 5.41) is 0.642. The highest BCUT2D eigenvalue weighted by Crippen LogP contribution is 2.24. The molecule has 1 fully saturated rings. The molecule has 0 aliphatic carbocycles. The Kier molecular flexibility index (Phi) is 4.26. The summed E-state index contributed by atoms with van der Waals surface area (Å²) in [6, 6.07) is 7.58. The quantitative estimate of drug-likeness (QED) is 0.893. The van der Waals surface area contributed by atoms with Gasteiger partial charge >= 0.3 is 0 Å². The van der Waals surface area contributed by atoms with Crippen molar-refractivity contribution in [2.24, 2.45) is 11.7 Å². The number of hydrogen-bond donors (Lipinski definition) is 1. The molecule has 0 amide bonds. The third kappa shape index (κ3) is 3.35. The zero-order chi connectivity index (χ0) is 12.3. The third-order valence-corrected chi connectivity index (χ3v) is 3.61. The van der Waals surface area contributed by atoms with E-state index in [9.17, 15) is 0 Å². The van der Waals surface area contributed by atoms with Gasteiger partial charge in [-0.3, -0.25) is 0 Å². The molecule has 0 saturated carbocycles. The van der Waals surface area contributed by atoms with Crippen molar-refractivity contribution in [1.82, 2.24) is 4.90 Å². The van der Waals surface area contributed by atoms with E-state index in [4.69, 9.17) is 22.1 Å². The lowest BCUT2D eigenvalue weighted by molar-refractivity contribution is 0.245. The van der Waals surface area contributed by atoms with E-state index in [2.05, 4.69) is 11.9 Å². The molecule has 4 heteroatoms. The molecule has 1 aromatic carbocycles. The molecular formula is C13H19ClN2O. The number of likely N-dealkylation sites (tertiary alicyclic amines) is 1. The van der Waals surface area contributed by atoms with Crippen LogP contribution in [0.3, 0.4) is 0 Å². The van der Waals surface area contributed by atoms with Crippen molar-refractivity contribution in [3.63, 3.8) is 0 Å². The molecule has 0 bridgehead atoms. The van der Waals surface area contributed by atoms with E-state index < -0.39 is 0 Å². The maximum Gasteiger partial charge on any atom is 0.137 e. The molecule has 1 aliphatic rings. The Balaban J connectivity index is 1.84. The molecule has 1 heterocycles. The van der Waals surface area contributed by atoms with Crippen LogP contribution in [0.1, 0.15) is 6.42 Å². The zero-order valence-electron chi connectivity index (χ0n) is 10.1. The smallest absolute Gasteiger partial charge is 0.137 e. The summed E-state index contributed by atoms with van der Waals surface area (Å²) < 4.78 is 5.67. The normalized spacial score (nSPS) is 22.6. The first-order valence-electron chi connectivity index (χ1n) is 5.98. The second-order valence-corrected chi connectivity index (χ2v) is 5.12. The van der Waals surface area contributed by atoms with Crippen LogP contribution in [0.5, 0.6) is 5.75 Å². The van der Waals surface area contributed by atoms with Gasteiger partial charge in [-0.25, -0.2) is 0 Å². The molecule has 94 valence electrons. The molecule has 2 unspecified atom stereocenters. The van der Waals surface area contributed by atoms with Gasteiger partial charge in [0, 0.05) is 12.6 Å². The van der Waals surface area contributed by atoms with Crippen molar-refractivity contribution < 1.29 is 4.74 Å². The van der Waals surface area contributed by atoms with Gasteiger partial charge in [-0.15, -0.1) is 0 Å². The summed E-state index contributed by atoms with van der Waals surface area (Å²) in [7, 11) is 2.13. The Morgan fingerprint density at radius 2 is 2.29 bits per heavy atom. The Morgan fingerprint density at radius 1 is 1.53 bits per heavy atom. The summed E-state index contributed by atoms with van der Waals surface area (Å²) >= 11 is 6.02. The van der Waals surface area contributed by atoms with Crippen molar-refractivity contribution in [3.05, 3.63) is 29.3 Å². The van der Waals surface area contributed by atoms with E-state index in [1.165, 1.54) is 0 Å². The Labute approximate surface area is 107 Å². The van der Waals surface area contributed by atoms with Gasteiger partial charge in [0.25, 0.3) is 0 Å². The van der Waals surface area contributed by atoms with E-state index >= 15 is 0 Å². The molecule has 1 aliphatic heterocycles. The van der Waals surface area contributed by atoms with Gasteiger partial charge in [0.1, 0.15) is 12.4 Å². The standard InChI is InChI=1S/C13H19ClN2O/c1-16-7-6-10(8-16)12(15)9-17-13-5-3-2-4-11(13)14/h2-5,10,12H,6-9,15H2,1H3. The number of ether oxygens (including phenoxy) is 1. The van der Waals surface area contributed by atoms with Gasteiger partial charge in [-0.1, -0.05) is 23.7 Å². The number of rotatable bonds is 4. The van der Waals surface area contributed by atoms with E-state index in [0.29, 0.717) is 17.5 Å². The number of nitrogens with two attached hydrogens (primary N) is 1. The average Bonchev–Trinajstić information content (AvgIpc) is 2.74. The molecule has 1 aromatic rings. The molecule has 17 heavy (non-hydrogen) atoms. The average molecular weight is 255 g/mol. The topological polar surface area (TPSA) is 38.5 Å². The van der Waals surface area contributed by atoms with Gasteiger partial charge in [0.05, 0.1) is 5.02 Å². The van der Waals surface area contributed by atoms with Gasteiger partial charge < -0.3 is 15.4 Å². The van der Waals surface area contributed by atoms with Crippen LogP contribution in [0, 0.1) is 5.92 Å². The van der Waals surface area contributed by atoms with Crippen LogP contribution < -0.4 is 10.5 Å². The lowest BCUT2D eigenvalue weighted by Crippen LogP contribution is -2.37. The molecule has 0 spiro atoms. The van der Waals surface area contributed by atoms with Crippen molar-refractivity contribution in [2.45, 2.75) is 12.5 Å². The SMILES string of the molecule is CN1CCC(C(N)COc2ccccc2Cl)C1. The predicted molar refractivity (Wildman–Crippen MR) is 70.5 cm³/mol. The van der Waals surface area contributed by atoms with Crippen molar-refractivity contribution in [1.29, 1.82) is 0 Å². The molecule has 3 nitrogen and oxygen atoms in total. The Morgan fingerprint density at radius 3 is 2.94 bits per heavy atom. The molecule has 1 saturated heterocycles. The molecule has 0 aromatic heterocycles. The lowest BCUT2D eigenvalue weighted by Gasteiger charge is -2.19. The van der Waals surface area contributed by atoms with Crippen molar-refractivity contribution in [2.75, 3.05) is 26.7 Å². The van der Waals surface area contributed by atoms with Gasteiger partial charge in [-0.05, 0) is 38.1 Å². The highest BCUT2D eigenvalue weighted by molar-refractivity contribution is 6.32. The first kappa shape index (κ1) is 12.7. The lowest BCUT2D eigenvalue weighted by atomic mass is 10.0. The number of halogens is 1. The largest absolute Gasteiger partial charge is 0.490 e. The monoisotopic (exact) mass is 254 g/mol. The van der Waals surface area contributed by atoms with Crippen LogP contribution in [0.4, 0.5) is 0 Å². The second kappa shape index (κ2) is 5.71. The zero-order valence-corrected chi connectivity index (χ0v) is 10.9. The fourth-order valence-corrected chi connectivity index (χ4v) is 2.39. The molecular weight excluding hydrogens is 236 g/mol. The minimum absolute atomic E-state index is 0.0798. The second-order valence-electron chi connectivity index (χ2n) is 4.72. The van der Waals surface area contributed by atoms with Crippen LogP contribution in [0.15, 0.2) is 24.3 Å². The highest BCUT2D eigenvalue weighted by atomic mass is 35.5. The molecule has 0 radical (unpaired) electrons. The van der Waals surface area contributed by atoms with E-state index in [1.807, 2.05) is 24.3 Å². The van der Waals surface area contributed by atoms with Crippen LogP contribution in [-0.2, 0) is 0 Å². The highest BCUT2D eigenvalue weighted by Gasteiger charge is 2.25. The summed E-state index contributed by atoms with van der Waals surface area (Å²) in [4.78, 5) is 2.31. The molecule has 2 rings (SSSR count). The summed E-state index contributed by atoms with van der Waals surface area (Å²) in [5.41, 5.74) is 6.14. The Hall–Kier alpha value is -0.770. The van der Waals surface area contributed by atoms with Crippen LogP contribution >= 0.6 is 11.6 Å². The third-order valence-electron chi connectivity index (χ3n) is 3.30. The summed E-state index contributed by atoms with van der Waals surface area (Å²) in [6.07, 6.45) is 1.16. The first-order valence-corrected chi connectivity index (χ1v) is 6.36. The number of nitrogens with zero attached hydrogens (tertiary/aromatic N) is 1. The van der Waals surface area contributed by atoms with E-state index in [0.717, 1.165) is 25.3 Å². The van der Waals surface area contributed by atoms with Gasteiger partial charge in [0.2, 0.25) is 0 Å². The number of para-hydroxylation sites is 1. The fraction of sp³-hybridized carbons (Fsp3) is 0.538. The minimum atomic E-state index is 0.0798. The number of hydrogen-bond acceptors (Lipinski definition) is 3. The van der Waals surface area contributed by atoms with Gasteiger partial charge in [0.15, 0.2) is 0 Å². The Bertz CT molecular complexity index is 372.